The highest BCUT2D eigenvalue weighted by molar-refractivity contribution is 6.23. The van der Waals surface area contributed by atoms with Crippen molar-refractivity contribution in [2.75, 3.05) is 6.54 Å². The Bertz CT molecular complexity index is 487. The van der Waals surface area contributed by atoms with E-state index in [9.17, 15) is 19.5 Å². The van der Waals surface area contributed by atoms with Gasteiger partial charge in [0.05, 0.1) is 0 Å². The van der Waals surface area contributed by atoms with Gasteiger partial charge in [-0.05, 0) is 20.3 Å². The number of ether oxygens (including phenoxy) is 1. The minimum absolute atomic E-state index is 0.166. The molecule has 0 bridgehead atoms. The summed E-state index contributed by atoms with van der Waals surface area (Å²) in [5.41, 5.74) is -0.283. The largest absolute Gasteiger partial charge is 0.506 e. The molecule has 2 N–H and O–H groups in total. The number of Topliss-reactive ketones (excluding diaryl/α,β-unsaturated/α-hetero) is 1. The quantitative estimate of drug-likeness (QED) is 0.255. The summed E-state index contributed by atoms with van der Waals surface area (Å²) >= 11 is 0. The molecule has 1 aliphatic rings. The summed E-state index contributed by atoms with van der Waals surface area (Å²) in [6, 6.07) is 0. The molecule has 0 aromatic rings. The topological polar surface area (TPSA) is 92.7 Å². The second-order valence-electron chi connectivity index (χ2n) is 4.24. The van der Waals surface area contributed by atoms with Crippen LogP contribution in [0.3, 0.4) is 0 Å². The first kappa shape index (κ1) is 14.9. The molecule has 0 aromatic heterocycles. The lowest BCUT2D eigenvalue weighted by Crippen LogP contribution is -2.30. The van der Waals surface area contributed by atoms with Gasteiger partial charge < -0.3 is 15.2 Å². The van der Waals surface area contributed by atoms with E-state index in [1.54, 1.807) is 6.92 Å². The molecule has 0 aliphatic carbocycles. The Balaban J connectivity index is 3.17. The van der Waals surface area contributed by atoms with Gasteiger partial charge in [-0.15, -0.1) is 0 Å². The smallest absolute Gasteiger partial charge is 0.353 e. The van der Waals surface area contributed by atoms with E-state index < -0.39 is 29.1 Å². The maximum Gasteiger partial charge on any atom is 0.353 e. The van der Waals surface area contributed by atoms with Crippen molar-refractivity contribution < 1.29 is 24.2 Å². The van der Waals surface area contributed by atoms with Crippen molar-refractivity contribution >= 4 is 17.7 Å². The lowest BCUT2D eigenvalue weighted by molar-refractivity contribution is -0.155. The summed E-state index contributed by atoms with van der Waals surface area (Å²) in [6.45, 7) is 5.34. The van der Waals surface area contributed by atoms with Crippen LogP contribution >= 0.6 is 0 Å². The van der Waals surface area contributed by atoms with Crippen LogP contribution in [-0.4, -0.2) is 29.4 Å². The van der Waals surface area contributed by atoms with Crippen molar-refractivity contribution in [2.24, 2.45) is 0 Å². The number of cyclic esters (lactones) is 2. The number of hydrogen-bond acceptors (Lipinski definition) is 6. The predicted octanol–water partition coefficient (Wildman–Crippen LogP) is 1.13. The molecule has 0 amide bonds. The van der Waals surface area contributed by atoms with Gasteiger partial charge in [0.25, 0.3) is 0 Å². The first-order valence-corrected chi connectivity index (χ1v) is 6.05. The normalized spacial score (nSPS) is 18.3. The fraction of sp³-hybridized carbons (Fsp3) is 0.462. The Kier molecular flexibility index (Phi) is 4.86. The fourth-order valence-corrected chi connectivity index (χ4v) is 1.69. The van der Waals surface area contributed by atoms with Crippen LogP contribution in [-0.2, 0) is 19.1 Å². The number of nitrogens with one attached hydrogen (secondary N) is 1. The van der Waals surface area contributed by atoms with E-state index in [-0.39, 0.29) is 5.57 Å². The third-order valence-electron chi connectivity index (χ3n) is 2.71. The molecule has 1 aliphatic heterocycles. The Morgan fingerprint density at radius 2 is 1.89 bits per heavy atom. The van der Waals surface area contributed by atoms with Crippen LogP contribution in [0.5, 0.6) is 0 Å². The molecule has 0 spiro atoms. The van der Waals surface area contributed by atoms with Crippen molar-refractivity contribution in [1.29, 1.82) is 0 Å². The number of ketones is 1. The van der Waals surface area contributed by atoms with Gasteiger partial charge in [-0.3, -0.25) is 4.79 Å². The maximum atomic E-state index is 11.6. The molecule has 1 heterocycles. The second kappa shape index (κ2) is 6.17. The van der Waals surface area contributed by atoms with E-state index in [0.717, 1.165) is 19.8 Å². The van der Waals surface area contributed by atoms with E-state index in [1.165, 1.54) is 0 Å². The van der Waals surface area contributed by atoms with Crippen LogP contribution in [0.4, 0.5) is 0 Å². The number of esters is 2. The van der Waals surface area contributed by atoms with Crippen molar-refractivity contribution in [3.05, 3.63) is 22.6 Å². The minimum Gasteiger partial charge on any atom is -0.506 e. The standard InChI is InChI=1S/C13H17NO5/c1-4-5-6-14-7(2)9-11(16)10(8(3)15)13(18)19-12(9)17/h14,16H,4-6H2,1-3H3. The van der Waals surface area contributed by atoms with Gasteiger partial charge in [0, 0.05) is 12.2 Å². The summed E-state index contributed by atoms with van der Waals surface area (Å²) in [5.74, 6) is -3.32. The Labute approximate surface area is 111 Å². The SMILES string of the molecule is CCCCNC(C)=C1C(=O)OC(=O)C(C(C)=O)=C1O. The van der Waals surface area contributed by atoms with Crippen LogP contribution in [0.15, 0.2) is 22.6 Å². The van der Waals surface area contributed by atoms with Gasteiger partial charge in [-0.2, -0.15) is 0 Å². The highest BCUT2D eigenvalue weighted by Crippen LogP contribution is 2.23. The highest BCUT2D eigenvalue weighted by Gasteiger charge is 2.36. The Hall–Kier alpha value is -2.11. The van der Waals surface area contributed by atoms with Crippen LogP contribution < -0.4 is 5.32 Å². The predicted molar refractivity (Wildman–Crippen MR) is 67.0 cm³/mol. The van der Waals surface area contributed by atoms with Crippen molar-refractivity contribution in [2.45, 2.75) is 33.6 Å². The first-order valence-electron chi connectivity index (χ1n) is 6.05. The first-order chi connectivity index (χ1) is 8.90. The number of aliphatic hydroxyl groups excluding tert-OH is 1. The molecule has 0 saturated carbocycles. The van der Waals surface area contributed by atoms with E-state index in [4.69, 9.17) is 0 Å². The summed E-state index contributed by atoms with van der Waals surface area (Å²) in [5, 5.41) is 12.9. The molecule has 1 rings (SSSR count). The Morgan fingerprint density at radius 1 is 1.26 bits per heavy atom. The fourth-order valence-electron chi connectivity index (χ4n) is 1.69. The number of aliphatic hydroxyl groups is 1. The van der Waals surface area contributed by atoms with Crippen LogP contribution in [0.2, 0.25) is 0 Å². The van der Waals surface area contributed by atoms with Gasteiger partial charge in [0.1, 0.15) is 16.9 Å². The van der Waals surface area contributed by atoms with E-state index in [0.29, 0.717) is 12.2 Å². The maximum absolute atomic E-state index is 11.6. The lowest BCUT2D eigenvalue weighted by Gasteiger charge is -2.18. The van der Waals surface area contributed by atoms with Crippen molar-refractivity contribution in [3.63, 3.8) is 0 Å². The van der Waals surface area contributed by atoms with Crippen molar-refractivity contribution in [3.8, 4) is 0 Å². The number of unbranched alkanes of at least 4 members (excludes halogenated alkanes) is 1. The molecule has 0 unspecified atom stereocenters. The highest BCUT2D eigenvalue weighted by atomic mass is 16.6. The number of carbonyl (C=O) groups is 3. The van der Waals surface area contributed by atoms with Crippen LogP contribution in [0.1, 0.15) is 33.6 Å². The van der Waals surface area contributed by atoms with Gasteiger partial charge in [0.2, 0.25) is 0 Å². The molecule has 0 aromatic carbocycles. The van der Waals surface area contributed by atoms with Gasteiger partial charge in [-0.1, -0.05) is 13.3 Å². The molecule has 0 radical (unpaired) electrons. The van der Waals surface area contributed by atoms with Gasteiger partial charge in [-0.25, -0.2) is 9.59 Å². The zero-order valence-electron chi connectivity index (χ0n) is 11.2. The molecule has 0 saturated heterocycles. The molecule has 6 nitrogen and oxygen atoms in total. The summed E-state index contributed by atoms with van der Waals surface area (Å²) in [6.07, 6.45) is 1.86. The number of hydrogen-bond donors (Lipinski definition) is 2. The third-order valence-corrected chi connectivity index (χ3v) is 2.71. The summed E-state index contributed by atoms with van der Waals surface area (Å²) in [7, 11) is 0. The van der Waals surface area contributed by atoms with E-state index in [1.807, 2.05) is 6.92 Å². The van der Waals surface area contributed by atoms with Gasteiger partial charge in [0.15, 0.2) is 5.78 Å². The van der Waals surface area contributed by atoms with Crippen LogP contribution in [0, 0.1) is 0 Å². The molecular weight excluding hydrogens is 250 g/mol. The molecule has 19 heavy (non-hydrogen) atoms. The molecule has 6 heteroatoms. The molecule has 0 atom stereocenters. The average Bonchev–Trinajstić information content (AvgIpc) is 2.27. The number of allylic oxidation sites excluding steroid dienone is 1. The summed E-state index contributed by atoms with van der Waals surface area (Å²) in [4.78, 5) is 34.3. The van der Waals surface area contributed by atoms with Crippen molar-refractivity contribution in [1.82, 2.24) is 5.32 Å². The molecular formula is C13H17NO5. The van der Waals surface area contributed by atoms with Crippen LogP contribution in [0.25, 0.3) is 0 Å². The molecule has 0 fully saturated rings. The lowest BCUT2D eigenvalue weighted by atomic mass is 10.0. The number of carbonyl (C=O) groups excluding carboxylic acids is 3. The second-order valence-corrected chi connectivity index (χ2v) is 4.24. The van der Waals surface area contributed by atoms with E-state index in [2.05, 4.69) is 10.1 Å². The summed E-state index contributed by atoms with van der Waals surface area (Å²) < 4.78 is 4.46. The average molecular weight is 267 g/mol. The minimum atomic E-state index is -1.11. The monoisotopic (exact) mass is 267 g/mol. The Morgan fingerprint density at radius 3 is 2.42 bits per heavy atom. The van der Waals surface area contributed by atoms with E-state index >= 15 is 0 Å². The van der Waals surface area contributed by atoms with Gasteiger partial charge >= 0.3 is 11.9 Å². The zero-order valence-corrected chi connectivity index (χ0v) is 11.2. The third kappa shape index (κ3) is 3.21. The number of rotatable bonds is 5. The molecule has 104 valence electrons. The zero-order chi connectivity index (χ0) is 14.6.